The lowest BCUT2D eigenvalue weighted by molar-refractivity contribution is -0.124. The predicted octanol–water partition coefficient (Wildman–Crippen LogP) is 1.82. The van der Waals surface area contributed by atoms with Crippen molar-refractivity contribution in [1.82, 2.24) is 4.90 Å². The standard InChI is InChI=1S/C10H17NO/c1-5-8-9(7(2)3)6-11(4)10(8)12/h7H,5-6H2,1-4H3. The molecule has 1 rings (SSSR count). The van der Waals surface area contributed by atoms with E-state index in [0.717, 1.165) is 18.5 Å². The van der Waals surface area contributed by atoms with Crippen molar-refractivity contribution in [2.45, 2.75) is 27.2 Å². The quantitative estimate of drug-likeness (QED) is 0.614. The summed E-state index contributed by atoms with van der Waals surface area (Å²) in [7, 11) is 1.87. The van der Waals surface area contributed by atoms with Gasteiger partial charge in [0.1, 0.15) is 0 Å². The molecule has 0 saturated heterocycles. The van der Waals surface area contributed by atoms with E-state index in [1.54, 1.807) is 4.90 Å². The Kier molecular flexibility index (Phi) is 2.55. The zero-order chi connectivity index (χ0) is 9.30. The van der Waals surface area contributed by atoms with E-state index in [9.17, 15) is 4.79 Å². The van der Waals surface area contributed by atoms with Crippen molar-refractivity contribution in [3.63, 3.8) is 0 Å². The molecule has 0 aromatic carbocycles. The lowest BCUT2D eigenvalue weighted by Crippen LogP contribution is -2.21. The highest BCUT2D eigenvalue weighted by molar-refractivity contribution is 5.96. The van der Waals surface area contributed by atoms with Crippen molar-refractivity contribution in [1.29, 1.82) is 0 Å². The van der Waals surface area contributed by atoms with Crippen molar-refractivity contribution >= 4 is 5.91 Å². The monoisotopic (exact) mass is 167 g/mol. The molecule has 2 nitrogen and oxygen atoms in total. The van der Waals surface area contributed by atoms with E-state index < -0.39 is 0 Å². The van der Waals surface area contributed by atoms with Crippen molar-refractivity contribution in [3.8, 4) is 0 Å². The van der Waals surface area contributed by atoms with Crippen LogP contribution in [-0.2, 0) is 4.79 Å². The van der Waals surface area contributed by atoms with Gasteiger partial charge in [-0.2, -0.15) is 0 Å². The Bertz CT molecular complexity index is 228. The minimum atomic E-state index is 0.223. The Hall–Kier alpha value is -0.790. The molecule has 0 saturated carbocycles. The molecule has 1 amide bonds. The zero-order valence-electron chi connectivity index (χ0n) is 8.35. The number of rotatable bonds is 2. The Labute approximate surface area is 74.2 Å². The number of hydrogen-bond donors (Lipinski definition) is 0. The summed E-state index contributed by atoms with van der Waals surface area (Å²) in [6.45, 7) is 7.18. The summed E-state index contributed by atoms with van der Waals surface area (Å²) in [4.78, 5) is 13.3. The van der Waals surface area contributed by atoms with Gasteiger partial charge in [0, 0.05) is 19.2 Å². The zero-order valence-corrected chi connectivity index (χ0v) is 8.35. The first kappa shape index (κ1) is 9.30. The number of likely N-dealkylation sites (N-methyl/N-ethyl adjacent to an activating group) is 1. The molecule has 0 spiro atoms. The van der Waals surface area contributed by atoms with Gasteiger partial charge in [0.15, 0.2) is 0 Å². The van der Waals surface area contributed by atoms with Gasteiger partial charge in [0.2, 0.25) is 5.91 Å². The minimum absolute atomic E-state index is 0.223. The Morgan fingerprint density at radius 2 is 2.08 bits per heavy atom. The second-order valence-electron chi connectivity index (χ2n) is 3.67. The maximum absolute atomic E-state index is 11.5. The number of amides is 1. The van der Waals surface area contributed by atoms with E-state index in [2.05, 4.69) is 20.8 Å². The summed E-state index contributed by atoms with van der Waals surface area (Å²) < 4.78 is 0. The summed E-state index contributed by atoms with van der Waals surface area (Å²) in [5.74, 6) is 0.732. The molecule has 0 unspecified atom stereocenters. The van der Waals surface area contributed by atoms with Crippen LogP contribution in [0.5, 0.6) is 0 Å². The van der Waals surface area contributed by atoms with Crippen molar-refractivity contribution in [3.05, 3.63) is 11.1 Å². The number of carbonyl (C=O) groups excluding carboxylic acids is 1. The molecular weight excluding hydrogens is 150 g/mol. The number of hydrogen-bond acceptors (Lipinski definition) is 1. The van der Waals surface area contributed by atoms with Crippen LogP contribution in [0.3, 0.4) is 0 Å². The average molecular weight is 167 g/mol. The summed E-state index contributed by atoms with van der Waals surface area (Å²) in [6.07, 6.45) is 0.872. The molecule has 2 heteroatoms. The smallest absolute Gasteiger partial charge is 0.249 e. The molecule has 1 heterocycles. The van der Waals surface area contributed by atoms with E-state index in [4.69, 9.17) is 0 Å². The lowest BCUT2D eigenvalue weighted by Gasteiger charge is -2.09. The van der Waals surface area contributed by atoms with Crippen LogP contribution < -0.4 is 0 Å². The molecule has 0 fully saturated rings. The molecule has 0 N–H and O–H groups in total. The van der Waals surface area contributed by atoms with Crippen LogP contribution in [-0.4, -0.2) is 24.4 Å². The molecule has 1 aliphatic heterocycles. The Morgan fingerprint density at radius 1 is 1.50 bits per heavy atom. The van der Waals surface area contributed by atoms with Crippen LogP contribution in [0.25, 0.3) is 0 Å². The van der Waals surface area contributed by atoms with Gasteiger partial charge in [0.05, 0.1) is 0 Å². The van der Waals surface area contributed by atoms with Crippen LogP contribution in [0.1, 0.15) is 27.2 Å². The van der Waals surface area contributed by atoms with Crippen LogP contribution in [0.4, 0.5) is 0 Å². The summed E-state index contributed by atoms with van der Waals surface area (Å²) in [6, 6.07) is 0. The van der Waals surface area contributed by atoms with E-state index in [0.29, 0.717) is 5.92 Å². The van der Waals surface area contributed by atoms with Gasteiger partial charge in [-0.05, 0) is 17.9 Å². The number of nitrogens with zero attached hydrogens (tertiary/aromatic N) is 1. The second-order valence-corrected chi connectivity index (χ2v) is 3.67. The second kappa shape index (κ2) is 3.30. The highest BCUT2D eigenvalue weighted by atomic mass is 16.2. The SMILES string of the molecule is CCC1=C(C(C)C)CN(C)C1=O. The molecular formula is C10H17NO. The molecule has 0 radical (unpaired) electrons. The summed E-state index contributed by atoms with van der Waals surface area (Å²) in [5.41, 5.74) is 2.36. The maximum atomic E-state index is 11.5. The van der Waals surface area contributed by atoms with E-state index in [-0.39, 0.29) is 5.91 Å². The van der Waals surface area contributed by atoms with Crippen LogP contribution in [0.2, 0.25) is 0 Å². The third-order valence-electron chi connectivity index (χ3n) is 2.45. The molecule has 0 bridgehead atoms. The fourth-order valence-electron chi connectivity index (χ4n) is 1.70. The van der Waals surface area contributed by atoms with Crippen LogP contribution in [0.15, 0.2) is 11.1 Å². The molecule has 0 aliphatic carbocycles. The molecule has 68 valence electrons. The van der Waals surface area contributed by atoms with Gasteiger partial charge < -0.3 is 4.90 Å². The average Bonchev–Trinajstić information content (AvgIpc) is 2.29. The van der Waals surface area contributed by atoms with Gasteiger partial charge in [-0.15, -0.1) is 0 Å². The lowest BCUT2D eigenvalue weighted by atomic mass is 9.98. The first-order valence-electron chi connectivity index (χ1n) is 4.55. The molecule has 0 atom stereocenters. The van der Waals surface area contributed by atoms with Crippen LogP contribution >= 0.6 is 0 Å². The fraction of sp³-hybridized carbons (Fsp3) is 0.700. The first-order valence-corrected chi connectivity index (χ1v) is 4.55. The maximum Gasteiger partial charge on any atom is 0.249 e. The molecule has 12 heavy (non-hydrogen) atoms. The number of carbonyl (C=O) groups is 1. The van der Waals surface area contributed by atoms with Crippen LogP contribution in [0, 0.1) is 5.92 Å². The highest BCUT2D eigenvalue weighted by Crippen LogP contribution is 2.25. The van der Waals surface area contributed by atoms with E-state index in [1.807, 2.05) is 7.05 Å². The van der Waals surface area contributed by atoms with Gasteiger partial charge in [-0.1, -0.05) is 20.8 Å². The van der Waals surface area contributed by atoms with Crippen molar-refractivity contribution in [2.75, 3.05) is 13.6 Å². The molecule has 1 aliphatic rings. The highest BCUT2D eigenvalue weighted by Gasteiger charge is 2.27. The normalized spacial score (nSPS) is 18.4. The minimum Gasteiger partial charge on any atom is -0.338 e. The first-order chi connectivity index (χ1) is 5.57. The Morgan fingerprint density at radius 3 is 2.42 bits per heavy atom. The van der Waals surface area contributed by atoms with Crippen molar-refractivity contribution in [2.24, 2.45) is 5.92 Å². The third kappa shape index (κ3) is 1.38. The third-order valence-corrected chi connectivity index (χ3v) is 2.45. The van der Waals surface area contributed by atoms with Crippen molar-refractivity contribution < 1.29 is 4.79 Å². The van der Waals surface area contributed by atoms with Gasteiger partial charge in [-0.3, -0.25) is 4.79 Å². The molecule has 0 aromatic heterocycles. The van der Waals surface area contributed by atoms with Gasteiger partial charge in [-0.25, -0.2) is 0 Å². The molecule has 0 aromatic rings. The van der Waals surface area contributed by atoms with Gasteiger partial charge >= 0.3 is 0 Å². The van der Waals surface area contributed by atoms with E-state index >= 15 is 0 Å². The Balaban J connectivity index is 2.94. The summed E-state index contributed by atoms with van der Waals surface area (Å²) in [5, 5.41) is 0. The fourth-order valence-corrected chi connectivity index (χ4v) is 1.70. The topological polar surface area (TPSA) is 20.3 Å². The largest absolute Gasteiger partial charge is 0.338 e. The van der Waals surface area contributed by atoms with Gasteiger partial charge in [0.25, 0.3) is 0 Å². The predicted molar refractivity (Wildman–Crippen MR) is 49.8 cm³/mol. The summed E-state index contributed by atoms with van der Waals surface area (Å²) >= 11 is 0. The van der Waals surface area contributed by atoms with E-state index in [1.165, 1.54) is 5.57 Å².